The van der Waals surface area contributed by atoms with Gasteiger partial charge in [-0.15, -0.1) is 0 Å². The summed E-state index contributed by atoms with van der Waals surface area (Å²) < 4.78 is 0. The molecular weight excluding hydrogens is 244 g/mol. The molecule has 3 N–H and O–H groups in total. The van der Waals surface area contributed by atoms with Crippen LogP contribution in [0.1, 0.15) is 24.0 Å². The zero-order valence-electron chi connectivity index (χ0n) is 10.7. The molecule has 0 bridgehead atoms. The lowest BCUT2D eigenvalue weighted by Crippen LogP contribution is -2.41. The first-order valence-electron chi connectivity index (χ1n) is 6.42. The summed E-state index contributed by atoms with van der Waals surface area (Å²) in [7, 11) is 0. The Morgan fingerprint density at radius 2 is 2.00 bits per heavy atom. The van der Waals surface area contributed by atoms with Gasteiger partial charge in [0, 0.05) is 13.1 Å². The van der Waals surface area contributed by atoms with Crippen molar-refractivity contribution < 1.29 is 14.7 Å². The van der Waals surface area contributed by atoms with Crippen LogP contribution in [-0.2, 0) is 22.6 Å². The van der Waals surface area contributed by atoms with E-state index < -0.39 is 12.0 Å². The Kier molecular flexibility index (Phi) is 4.16. The highest BCUT2D eigenvalue weighted by molar-refractivity contribution is 5.85. The number of amides is 1. The number of carbonyl (C=O) groups excluding carboxylic acids is 1. The van der Waals surface area contributed by atoms with Gasteiger partial charge in [-0.3, -0.25) is 4.79 Å². The van der Waals surface area contributed by atoms with E-state index in [1.165, 1.54) is 4.90 Å². The smallest absolute Gasteiger partial charge is 0.326 e. The topological polar surface area (TPSA) is 83.6 Å². The lowest BCUT2D eigenvalue weighted by Gasteiger charge is -2.22. The van der Waals surface area contributed by atoms with Crippen LogP contribution < -0.4 is 5.73 Å². The molecule has 1 saturated heterocycles. The van der Waals surface area contributed by atoms with Crippen LogP contribution in [0.25, 0.3) is 0 Å². The molecule has 2 rings (SSSR count). The molecule has 1 aliphatic heterocycles. The van der Waals surface area contributed by atoms with Crippen LogP contribution >= 0.6 is 0 Å². The Hall–Kier alpha value is -1.88. The van der Waals surface area contributed by atoms with E-state index in [0.717, 1.165) is 17.5 Å². The second kappa shape index (κ2) is 5.84. The zero-order valence-corrected chi connectivity index (χ0v) is 10.7. The number of likely N-dealkylation sites (tertiary alicyclic amines) is 1. The van der Waals surface area contributed by atoms with Crippen molar-refractivity contribution in [2.45, 2.75) is 31.8 Å². The van der Waals surface area contributed by atoms with E-state index in [-0.39, 0.29) is 12.3 Å². The van der Waals surface area contributed by atoms with Gasteiger partial charge < -0.3 is 15.7 Å². The minimum absolute atomic E-state index is 0.134. The van der Waals surface area contributed by atoms with Gasteiger partial charge in [-0.2, -0.15) is 0 Å². The molecule has 102 valence electrons. The third-order valence-corrected chi connectivity index (χ3v) is 3.54. The van der Waals surface area contributed by atoms with Crippen LogP contribution in [0, 0.1) is 0 Å². The maximum Gasteiger partial charge on any atom is 0.326 e. The molecule has 1 aromatic rings. The van der Waals surface area contributed by atoms with Gasteiger partial charge in [0.1, 0.15) is 6.04 Å². The highest BCUT2D eigenvalue weighted by atomic mass is 16.4. The second-order valence-electron chi connectivity index (χ2n) is 4.73. The molecule has 19 heavy (non-hydrogen) atoms. The molecule has 0 saturated carbocycles. The zero-order chi connectivity index (χ0) is 13.8. The Balaban J connectivity index is 2.10. The molecule has 5 nitrogen and oxygen atoms in total. The molecule has 0 aliphatic carbocycles. The summed E-state index contributed by atoms with van der Waals surface area (Å²) in [5, 5.41) is 9.09. The van der Waals surface area contributed by atoms with Gasteiger partial charge in [0.2, 0.25) is 5.91 Å². The van der Waals surface area contributed by atoms with E-state index >= 15 is 0 Å². The summed E-state index contributed by atoms with van der Waals surface area (Å²) in [4.78, 5) is 24.8. The molecule has 0 unspecified atom stereocenters. The van der Waals surface area contributed by atoms with Crippen LogP contribution in [0.3, 0.4) is 0 Å². The van der Waals surface area contributed by atoms with Crippen LogP contribution in [-0.4, -0.2) is 34.5 Å². The molecule has 0 spiro atoms. The largest absolute Gasteiger partial charge is 0.480 e. The van der Waals surface area contributed by atoms with E-state index in [4.69, 9.17) is 10.8 Å². The molecule has 1 amide bonds. The maximum atomic E-state index is 12.2. The second-order valence-corrected chi connectivity index (χ2v) is 4.73. The highest BCUT2D eigenvalue weighted by Gasteiger charge is 2.33. The first-order chi connectivity index (χ1) is 9.13. The fraction of sp³-hybridized carbons (Fsp3) is 0.429. The Labute approximate surface area is 112 Å². The van der Waals surface area contributed by atoms with Gasteiger partial charge in [0.05, 0.1) is 6.42 Å². The van der Waals surface area contributed by atoms with E-state index in [1.54, 1.807) is 0 Å². The predicted molar refractivity (Wildman–Crippen MR) is 70.4 cm³/mol. The first-order valence-corrected chi connectivity index (χ1v) is 6.42. The number of hydrogen-bond donors (Lipinski definition) is 2. The van der Waals surface area contributed by atoms with Crippen LogP contribution in [0.4, 0.5) is 0 Å². The number of carboxylic acids is 1. The summed E-state index contributed by atoms with van der Waals surface area (Å²) in [5.41, 5.74) is 7.45. The van der Waals surface area contributed by atoms with Gasteiger partial charge >= 0.3 is 5.97 Å². The first kappa shape index (κ1) is 13.5. The van der Waals surface area contributed by atoms with E-state index in [2.05, 4.69) is 0 Å². The SMILES string of the molecule is NCc1ccccc1CC(=O)N1CCC[C@@H]1C(=O)O. The lowest BCUT2D eigenvalue weighted by atomic mass is 10.0. The third-order valence-electron chi connectivity index (χ3n) is 3.54. The average molecular weight is 262 g/mol. The fourth-order valence-corrected chi connectivity index (χ4v) is 2.52. The van der Waals surface area contributed by atoms with Crippen LogP contribution in [0.5, 0.6) is 0 Å². The standard InChI is InChI=1S/C14H18N2O3/c15-9-11-5-2-1-4-10(11)8-13(17)16-7-3-6-12(16)14(18)19/h1-2,4-5,12H,3,6-9,15H2,(H,18,19)/t12-/m1/s1. The van der Waals surface area contributed by atoms with Crippen molar-refractivity contribution >= 4 is 11.9 Å². The fourth-order valence-electron chi connectivity index (χ4n) is 2.52. The number of aliphatic carboxylic acids is 1. The molecule has 1 fully saturated rings. The van der Waals surface area contributed by atoms with Crippen molar-refractivity contribution in [2.24, 2.45) is 5.73 Å². The number of nitrogens with two attached hydrogens (primary N) is 1. The molecule has 1 aliphatic rings. The Morgan fingerprint density at radius 3 is 2.63 bits per heavy atom. The number of rotatable bonds is 4. The summed E-state index contributed by atoms with van der Waals surface area (Å²) in [6.45, 7) is 0.909. The third kappa shape index (κ3) is 2.93. The maximum absolute atomic E-state index is 12.2. The van der Waals surface area contributed by atoms with Gasteiger partial charge in [0.25, 0.3) is 0 Å². The molecule has 0 aromatic heterocycles. The van der Waals surface area contributed by atoms with Gasteiger partial charge in [-0.05, 0) is 24.0 Å². The van der Waals surface area contributed by atoms with Crippen LogP contribution in [0.2, 0.25) is 0 Å². The predicted octanol–water partition coefficient (Wildman–Crippen LogP) is 0.763. The Bertz CT molecular complexity index is 487. The summed E-state index contributed by atoms with van der Waals surface area (Å²) in [6.07, 6.45) is 1.51. The van der Waals surface area contributed by atoms with Crippen molar-refractivity contribution in [2.75, 3.05) is 6.54 Å². The summed E-state index contributed by atoms with van der Waals surface area (Å²) in [5.74, 6) is -1.05. The van der Waals surface area contributed by atoms with Crippen molar-refractivity contribution in [1.29, 1.82) is 0 Å². The van der Waals surface area contributed by atoms with Crippen molar-refractivity contribution in [1.82, 2.24) is 4.90 Å². The molecule has 1 heterocycles. The number of carbonyl (C=O) groups is 2. The minimum Gasteiger partial charge on any atom is -0.480 e. The van der Waals surface area contributed by atoms with E-state index in [1.807, 2.05) is 24.3 Å². The van der Waals surface area contributed by atoms with Gasteiger partial charge in [0.15, 0.2) is 0 Å². The molecule has 1 atom stereocenters. The molecular formula is C14H18N2O3. The van der Waals surface area contributed by atoms with Crippen molar-refractivity contribution in [3.63, 3.8) is 0 Å². The van der Waals surface area contributed by atoms with Crippen molar-refractivity contribution in [3.05, 3.63) is 35.4 Å². The highest BCUT2D eigenvalue weighted by Crippen LogP contribution is 2.19. The molecule has 0 radical (unpaired) electrons. The minimum atomic E-state index is -0.919. The normalized spacial score (nSPS) is 18.6. The van der Waals surface area contributed by atoms with E-state index in [9.17, 15) is 9.59 Å². The summed E-state index contributed by atoms with van der Waals surface area (Å²) >= 11 is 0. The Morgan fingerprint density at radius 1 is 1.32 bits per heavy atom. The van der Waals surface area contributed by atoms with Gasteiger partial charge in [-0.25, -0.2) is 4.79 Å². The number of hydrogen-bond acceptors (Lipinski definition) is 3. The number of nitrogens with zero attached hydrogens (tertiary/aromatic N) is 1. The number of carboxylic acid groups (broad SMARTS) is 1. The monoisotopic (exact) mass is 262 g/mol. The quantitative estimate of drug-likeness (QED) is 0.839. The van der Waals surface area contributed by atoms with Crippen molar-refractivity contribution in [3.8, 4) is 0 Å². The molecule has 5 heteroatoms. The van der Waals surface area contributed by atoms with E-state index in [0.29, 0.717) is 19.5 Å². The molecule has 1 aromatic carbocycles. The lowest BCUT2D eigenvalue weighted by molar-refractivity contribution is -0.148. The number of benzene rings is 1. The average Bonchev–Trinajstić information content (AvgIpc) is 2.88. The van der Waals surface area contributed by atoms with Crippen LogP contribution in [0.15, 0.2) is 24.3 Å². The van der Waals surface area contributed by atoms with Gasteiger partial charge in [-0.1, -0.05) is 24.3 Å². The summed E-state index contributed by atoms with van der Waals surface area (Å²) in [6, 6.07) is 6.83.